The molecule has 5 rings (SSSR count). The Morgan fingerprint density at radius 3 is 2.94 bits per heavy atom. The first-order valence-electron chi connectivity index (χ1n) is 11.0. The lowest BCUT2D eigenvalue weighted by atomic mass is 9.98. The molecule has 0 radical (unpaired) electrons. The number of fused-ring (bicyclic) bond motifs is 1. The number of likely N-dealkylation sites (tertiary alicyclic amines) is 1. The van der Waals surface area contributed by atoms with Crippen LogP contribution in [-0.4, -0.2) is 61.2 Å². The topological polar surface area (TPSA) is 103 Å². The van der Waals surface area contributed by atoms with Gasteiger partial charge in [-0.15, -0.1) is 0 Å². The maximum atomic E-state index is 12.6. The number of nitrogens with one attached hydrogen (secondary N) is 1. The molecule has 9 nitrogen and oxygen atoms in total. The number of oxazole rings is 1. The van der Waals surface area contributed by atoms with Crippen molar-refractivity contribution in [1.82, 2.24) is 9.88 Å². The van der Waals surface area contributed by atoms with Crippen molar-refractivity contribution in [2.45, 2.75) is 24.9 Å². The molecule has 178 valence electrons. The number of halogens is 1. The molecule has 0 saturated carbocycles. The van der Waals surface area contributed by atoms with Crippen molar-refractivity contribution in [2.24, 2.45) is 0 Å². The zero-order valence-corrected chi connectivity index (χ0v) is 19.3. The van der Waals surface area contributed by atoms with E-state index in [-0.39, 0.29) is 36.4 Å². The van der Waals surface area contributed by atoms with Crippen LogP contribution < -0.4 is 14.8 Å². The largest absolute Gasteiger partial charge is 0.493 e. The molecule has 0 bridgehead atoms. The fourth-order valence-corrected chi connectivity index (χ4v) is 4.43. The zero-order valence-electron chi connectivity index (χ0n) is 18.6. The number of rotatable bonds is 7. The quantitative estimate of drug-likeness (QED) is 0.545. The Hall–Kier alpha value is -3.30. The van der Waals surface area contributed by atoms with Gasteiger partial charge in [-0.2, -0.15) is 4.98 Å². The van der Waals surface area contributed by atoms with Crippen LogP contribution in [-0.2, 0) is 14.3 Å². The summed E-state index contributed by atoms with van der Waals surface area (Å²) in [6, 6.07) is 10.8. The second-order valence-corrected chi connectivity index (χ2v) is 8.80. The van der Waals surface area contributed by atoms with Crippen LogP contribution in [0.1, 0.15) is 24.3 Å². The average Bonchev–Trinajstić information content (AvgIpc) is 3.54. The summed E-state index contributed by atoms with van der Waals surface area (Å²) in [5, 5.41) is 3.14. The fraction of sp³-hybridized carbons (Fsp3) is 0.375. The van der Waals surface area contributed by atoms with Crippen molar-refractivity contribution in [3.8, 4) is 11.5 Å². The van der Waals surface area contributed by atoms with Crippen LogP contribution in [0.2, 0.25) is 5.02 Å². The number of hydrogen-bond acceptors (Lipinski definition) is 7. The molecule has 0 aliphatic carbocycles. The van der Waals surface area contributed by atoms with Crippen molar-refractivity contribution >= 4 is 40.5 Å². The standard InChI is InChI=1S/C24H24ClN3O6/c1-31-20-4-2-14(8-21(20)33-17-6-7-32-13-17)15-9-23(30)28(11-15)12-22(29)27-24-26-18-10-16(25)3-5-19(18)34-24/h2-5,8,10,15,17H,6-7,9,11-13H2,1H3,(H,26,27,29)/t15-,17-/m1/s1. The first-order chi connectivity index (χ1) is 16.5. The Morgan fingerprint density at radius 1 is 1.26 bits per heavy atom. The van der Waals surface area contributed by atoms with E-state index in [4.69, 9.17) is 30.2 Å². The van der Waals surface area contributed by atoms with Gasteiger partial charge in [0.05, 0.1) is 20.3 Å². The van der Waals surface area contributed by atoms with Gasteiger partial charge in [-0.3, -0.25) is 14.9 Å². The minimum Gasteiger partial charge on any atom is -0.493 e. The van der Waals surface area contributed by atoms with Crippen LogP contribution in [0.5, 0.6) is 11.5 Å². The van der Waals surface area contributed by atoms with Gasteiger partial charge >= 0.3 is 6.01 Å². The summed E-state index contributed by atoms with van der Waals surface area (Å²) in [7, 11) is 1.60. The van der Waals surface area contributed by atoms with Gasteiger partial charge in [0.1, 0.15) is 18.2 Å². The molecule has 10 heteroatoms. The lowest BCUT2D eigenvalue weighted by molar-refractivity contribution is -0.131. The number of aromatic nitrogens is 1. The van der Waals surface area contributed by atoms with Crippen LogP contribution in [0.3, 0.4) is 0 Å². The van der Waals surface area contributed by atoms with Gasteiger partial charge in [-0.25, -0.2) is 0 Å². The van der Waals surface area contributed by atoms with E-state index in [2.05, 4.69) is 10.3 Å². The minimum absolute atomic E-state index is 0.0163. The summed E-state index contributed by atoms with van der Waals surface area (Å²) >= 11 is 5.96. The van der Waals surface area contributed by atoms with E-state index in [0.29, 0.717) is 53.8 Å². The molecule has 2 aliphatic heterocycles. The first-order valence-corrected chi connectivity index (χ1v) is 11.4. The van der Waals surface area contributed by atoms with E-state index in [9.17, 15) is 9.59 Å². The molecule has 0 unspecified atom stereocenters. The smallest absolute Gasteiger partial charge is 0.302 e. The maximum absolute atomic E-state index is 12.6. The number of ether oxygens (including phenoxy) is 3. The Labute approximate surface area is 200 Å². The highest BCUT2D eigenvalue weighted by molar-refractivity contribution is 6.31. The summed E-state index contributed by atoms with van der Waals surface area (Å²) in [5.74, 6) is 0.740. The first kappa shape index (κ1) is 22.5. The van der Waals surface area contributed by atoms with Crippen molar-refractivity contribution in [3.05, 3.63) is 47.0 Å². The average molecular weight is 486 g/mol. The van der Waals surface area contributed by atoms with Gasteiger partial charge in [-0.1, -0.05) is 17.7 Å². The molecule has 3 aromatic rings. The van der Waals surface area contributed by atoms with E-state index < -0.39 is 0 Å². The molecule has 2 aliphatic rings. The van der Waals surface area contributed by atoms with E-state index in [1.165, 1.54) is 4.90 Å². The third-order valence-electron chi connectivity index (χ3n) is 5.99. The third kappa shape index (κ3) is 4.80. The maximum Gasteiger partial charge on any atom is 0.302 e. The number of nitrogens with zero attached hydrogens (tertiary/aromatic N) is 2. The SMILES string of the molecule is COc1ccc([C@@H]2CC(=O)N(CC(=O)Nc3nc4cc(Cl)ccc4o3)C2)cc1O[C@@H]1CCOC1. The molecular weight excluding hydrogens is 462 g/mol. The minimum atomic E-state index is -0.383. The number of benzene rings is 2. The molecule has 3 heterocycles. The van der Waals surface area contributed by atoms with Crippen LogP contribution in [0.15, 0.2) is 40.8 Å². The van der Waals surface area contributed by atoms with Gasteiger partial charge in [0.25, 0.3) is 0 Å². The number of carbonyl (C=O) groups is 2. The van der Waals surface area contributed by atoms with Gasteiger partial charge in [-0.05, 0) is 35.9 Å². The lowest BCUT2D eigenvalue weighted by Crippen LogP contribution is -2.34. The lowest BCUT2D eigenvalue weighted by Gasteiger charge is -2.18. The predicted octanol–water partition coefficient (Wildman–Crippen LogP) is 3.61. The van der Waals surface area contributed by atoms with E-state index in [1.807, 2.05) is 18.2 Å². The molecule has 2 saturated heterocycles. The van der Waals surface area contributed by atoms with Crippen molar-refractivity contribution in [1.29, 1.82) is 0 Å². The molecule has 2 fully saturated rings. The summed E-state index contributed by atoms with van der Waals surface area (Å²) in [4.78, 5) is 30.9. The van der Waals surface area contributed by atoms with Crippen molar-refractivity contribution < 1.29 is 28.2 Å². The molecule has 2 amide bonds. The monoisotopic (exact) mass is 485 g/mol. The van der Waals surface area contributed by atoms with E-state index >= 15 is 0 Å². The third-order valence-corrected chi connectivity index (χ3v) is 6.22. The summed E-state index contributed by atoms with van der Waals surface area (Å²) in [5.41, 5.74) is 2.02. The molecule has 2 atom stereocenters. The van der Waals surface area contributed by atoms with Gasteiger partial charge in [0, 0.05) is 30.3 Å². The molecule has 0 spiro atoms. The van der Waals surface area contributed by atoms with E-state index in [0.717, 1.165) is 12.0 Å². The van der Waals surface area contributed by atoms with Gasteiger partial charge < -0.3 is 23.5 Å². The van der Waals surface area contributed by atoms with Gasteiger partial charge in [0.2, 0.25) is 11.8 Å². The second kappa shape index (κ2) is 9.52. The number of carbonyl (C=O) groups excluding carboxylic acids is 2. The Balaban J connectivity index is 1.23. The summed E-state index contributed by atoms with van der Waals surface area (Å²) in [6.45, 7) is 1.56. The number of amides is 2. The normalized spacial score (nSPS) is 20.2. The van der Waals surface area contributed by atoms with Crippen molar-refractivity contribution in [3.63, 3.8) is 0 Å². The summed E-state index contributed by atoms with van der Waals surface area (Å²) < 4.78 is 22.4. The Kier molecular flexibility index (Phi) is 6.30. The Morgan fingerprint density at radius 2 is 2.15 bits per heavy atom. The highest BCUT2D eigenvalue weighted by Gasteiger charge is 2.33. The van der Waals surface area contributed by atoms with Crippen LogP contribution in [0, 0.1) is 0 Å². The molecule has 34 heavy (non-hydrogen) atoms. The second-order valence-electron chi connectivity index (χ2n) is 8.37. The van der Waals surface area contributed by atoms with Crippen LogP contribution in [0.4, 0.5) is 6.01 Å². The molecule has 2 aromatic carbocycles. The van der Waals surface area contributed by atoms with E-state index in [1.54, 1.807) is 25.3 Å². The highest BCUT2D eigenvalue weighted by atomic mass is 35.5. The zero-order chi connectivity index (χ0) is 23.7. The highest BCUT2D eigenvalue weighted by Crippen LogP contribution is 2.36. The molecular formula is C24H24ClN3O6. The van der Waals surface area contributed by atoms with Crippen LogP contribution >= 0.6 is 11.6 Å². The number of hydrogen-bond donors (Lipinski definition) is 1. The molecule has 1 aromatic heterocycles. The number of anilines is 1. The van der Waals surface area contributed by atoms with Crippen LogP contribution in [0.25, 0.3) is 11.1 Å². The van der Waals surface area contributed by atoms with Crippen molar-refractivity contribution in [2.75, 3.05) is 38.7 Å². The predicted molar refractivity (Wildman–Crippen MR) is 124 cm³/mol. The van der Waals surface area contributed by atoms with Gasteiger partial charge in [0.15, 0.2) is 17.1 Å². The Bertz CT molecular complexity index is 1220. The number of methoxy groups -OCH3 is 1. The fourth-order valence-electron chi connectivity index (χ4n) is 4.26. The summed E-state index contributed by atoms with van der Waals surface area (Å²) in [6.07, 6.45) is 1.12. The molecule has 1 N–H and O–H groups in total.